The maximum atomic E-state index is 15.9. The molecule has 1 aromatic carbocycles. The van der Waals surface area contributed by atoms with Gasteiger partial charge in [0.05, 0.1) is 22.5 Å². The summed E-state index contributed by atoms with van der Waals surface area (Å²) in [6.45, 7) is 19.9. The van der Waals surface area contributed by atoms with E-state index in [1.54, 1.807) is 11.3 Å². The molecule has 3 aliphatic rings. The number of nitrogens with zero attached hydrogens (tertiary/aromatic N) is 2. The third kappa shape index (κ3) is 23.7. The molecule has 3 aliphatic heterocycles. The summed E-state index contributed by atoms with van der Waals surface area (Å²) < 4.78 is 0. The zero-order valence-electron chi connectivity index (χ0n) is 57.8. The van der Waals surface area contributed by atoms with Gasteiger partial charge < -0.3 is 9.80 Å². The van der Waals surface area contributed by atoms with Gasteiger partial charge >= 0.3 is 0 Å². The Morgan fingerprint density at radius 3 is 1.48 bits per heavy atom. The van der Waals surface area contributed by atoms with Gasteiger partial charge in [-0.1, -0.05) is 299 Å². The smallest absolute Gasteiger partial charge is 0.260 e. The number of thiophene rings is 3. The largest absolute Gasteiger partial charge is 0.307 e. The summed E-state index contributed by atoms with van der Waals surface area (Å²) in [5.74, 6) is 1.00. The Morgan fingerprint density at radius 1 is 0.517 bits per heavy atom. The monoisotopic (exact) mass is 1280 g/mol. The highest BCUT2D eigenvalue weighted by Crippen LogP contribution is 2.44. The van der Waals surface area contributed by atoms with Crippen LogP contribution in [0.2, 0.25) is 0 Å². The Labute approximate surface area is 562 Å². The number of rotatable bonds is 36. The number of thiol groups is 1. The lowest BCUT2D eigenvalue weighted by Gasteiger charge is -2.27. The summed E-state index contributed by atoms with van der Waals surface area (Å²) in [6.07, 6.45) is 59.6. The lowest BCUT2D eigenvalue weighted by atomic mass is 9.86. The topological polar surface area (TPSA) is 40.6 Å². The minimum absolute atomic E-state index is 0.0409. The Morgan fingerprint density at radius 2 is 0.955 bits per heavy atom. The molecule has 89 heavy (non-hydrogen) atoms. The predicted octanol–water partition coefficient (Wildman–Crippen LogP) is 25.2. The molecule has 0 fully saturated rings. The van der Waals surface area contributed by atoms with Crippen LogP contribution in [-0.2, 0) is 15.0 Å². The molecular weight excluding hydrogens is 1160 g/mol. The van der Waals surface area contributed by atoms with Crippen LogP contribution in [0.25, 0.3) is 30.7 Å². The predicted molar refractivity (Wildman–Crippen MR) is 399 cm³/mol. The molecular formula is C81H124N2O2S4. The molecule has 6 heterocycles. The van der Waals surface area contributed by atoms with E-state index in [-0.39, 0.29) is 22.6 Å². The summed E-state index contributed by atoms with van der Waals surface area (Å²) in [7, 11) is 0. The van der Waals surface area contributed by atoms with E-state index in [1.165, 1.54) is 256 Å². The maximum absolute atomic E-state index is 15.9. The number of carbonyl (C=O) groups is 2. The molecule has 0 aliphatic carbocycles. The minimum atomic E-state index is 0.0409. The third-order valence-corrected chi connectivity index (χ3v) is 24.4. The van der Waals surface area contributed by atoms with Crippen LogP contribution in [-0.4, -0.2) is 24.9 Å². The minimum Gasteiger partial charge on any atom is -0.307 e. The fraction of sp³-hybridized carbons (Fsp3) is 0.679. The molecule has 8 heteroatoms. The zero-order chi connectivity index (χ0) is 63.3. The summed E-state index contributed by atoms with van der Waals surface area (Å²) in [5, 5.41) is 1.94. The highest BCUT2D eigenvalue weighted by Gasteiger charge is 2.38. The van der Waals surface area contributed by atoms with Gasteiger partial charge in [0, 0.05) is 57.7 Å². The third-order valence-electron chi connectivity index (χ3n) is 20.0. The van der Waals surface area contributed by atoms with E-state index in [2.05, 4.69) is 132 Å². The second-order valence-corrected chi connectivity index (χ2v) is 33.1. The molecule has 0 spiro atoms. The maximum Gasteiger partial charge on any atom is 0.260 e. The fourth-order valence-corrected chi connectivity index (χ4v) is 17.9. The van der Waals surface area contributed by atoms with Crippen LogP contribution in [0.5, 0.6) is 0 Å². The number of unbranched alkanes of at least 4 members (excludes halogenated alkanes) is 25. The van der Waals surface area contributed by atoms with Gasteiger partial charge in [-0.3, -0.25) is 9.59 Å². The van der Waals surface area contributed by atoms with Crippen LogP contribution in [0.15, 0.2) is 71.7 Å². The second kappa shape index (κ2) is 39.5. The van der Waals surface area contributed by atoms with Crippen molar-refractivity contribution in [3.8, 4) is 19.5 Å². The van der Waals surface area contributed by atoms with Crippen molar-refractivity contribution in [1.29, 1.82) is 0 Å². The van der Waals surface area contributed by atoms with Crippen molar-refractivity contribution >= 4 is 81.0 Å². The molecule has 0 saturated heterocycles. The molecule has 2 bridgehead atoms. The lowest BCUT2D eigenvalue weighted by molar-refractivity contribution is -0.114. The van der Waals surface area contributed by atoms with Crippen LogP contribution in [0.4, 0.5) is 11.4 Å². The van der Waals surface area contributed by atoms with Gasteiger partial charge in [0.15, 0.2) is 0 Å². The average molecular weight is 1290 g/mol. The number of anilines is 2. The van der Waals surface area contributed by atoms with E-state index in [4.69, 9.17) is 12.6 Å². The van der Waals surface area contributed by atoms with E-state index in [9.17, 15) is 0 Å². The van der Waals surface area contributed by atoms with Crippen LogP contribution < -0.4 is 20.2 Å². The van der Waals surface area contributed by atoms with Gasteiger partial charge in [-0.2, -0.15) is 0 Å². The van der Waals surface area contributed by atoms with E-state index >= 15 is 9.59 Å². The Balaban J connectivity index is 1.27. The highest BCUT2D eigenvalue weighted by atomic mass is 32.1. The first kappa shape index (κ1) is 73.2. The van der Waals surface area contributed by atoms with Crippen molar-refractivity contribution in [3.05, 3.63) is 91.9 Å². The molecule has 2 unspecified atom stereocenters. The van der Waals surface area contributed by atoms with E-state index in [1.807, 2.05) is 22.7 Å². The van der Waals surface area contributed by atoms with Gasteiger partial charge in [0.2, 0.25) is 0 Å². The number of hydrogen-bond donors (Lipinski definition) is 1. The molecule has 7 rings (SSSR count). The number of carbonyl (C=O) groups excluding carboxylic acids is 2. The molecule has 0 saturated carbocycles. The number of amides is 2. The van der Waals surface area contributed by atoms with E-state index < -0.39 is 0 Å². The fourth-order valence-electron chi connectivity index (χ4n) is 14.3. The van der Waals surface area contributed by atoms with E-state index in [0.29, 0.717) is 30.5 Å². The molecule has 2 atom stereocenters. The van der Waals surface area contributed by atoms with Crippen molar-refractivity contribution in [2.45, 2.75) is 324 Å². The summed E-state index contributed by atoms with van der Waals surface area (Å²) in [6, 6.07) is 18.2. The quantitative estimate of drug-likeness (QED) is 0.0364. The van der Waals surface area contributed by atoms with Crippen molar-refractivity contribution < 1.29 is 9.59 Å². The second-order valence-electron chi connectivity index (χ2n) is 29.4. The standard InChI is InChI=1S/C81H124N2O2S4/c1-9-12-15-18-21-24-26-31-36-41-47-63(46-40-35-30-23-20-17-14-11-3)61-82-67-60-66-68-59-65(67)76(78(82)84)69(86)50-45-58-81(7,8)57-44-39-34-29-28-33-38-43-49-64(48-42-37-32-27-25-22-19-16-13-10-2)62-83(68)79(85)77(66)74-54-53-71(88-74)70-51-52-72(87-70)73-55-56-75(89-73)80(4,5)6/h45,50-56,58-60,63-64,86H,9-44,46-49,57,61-62H2,1-8H3/b58-45+,69-50?. The number of hydrogen-bond acceptors (Lipinski definition) is 6. The molecule has 0 radical (unpaired) electrons. The normalized spacial score (nSPS) is 17.8. The van der Waals surface area contributed by atoms with Gasteiger partial charge in [0.1, 0.15) is 0 Å². The molecule has 2 amide bonds. The lowest BCUT2D eigenvalue weighted by Crippen LogP contribution is -2.35. The van der Waals surface area contributed by atoms with Crippen LogP contribution in [0.1, 0.15) is 328 Å². The van der Waals surface area contributed by atoms with Crippen LogP contribution in [0, 0.1) is 17.3 Å². The van der Waals surface area contributed by atoms with Gasteiger partial charge in [-0.25, -0.2) is 0 Å². The molecule has 4 nitrogen and oxygen atoms in total. The van der Waals surface area contributed by atoms with Crippen LogP contribution in [0.3, 0.4) is 0 Å². The summed E-state index contributed by atoms with van der Waals surface area (Å²) in [5.41, 5.74) is 3.59. The first-order valence-corrected chi connectivity index (χ1v) is 40.1. The highest BCUT2D eigenvalue weighted by molar-refractivity contribution is 7.85. The van der Waals surface area contributed by atoms with E-state index in [0.717, 1.165) is 69.3 Å². The molecule has 494 valence electrons. The Hall–Kier alpha value is -3.17. The molecule has 3 aromatic heterocycles. The van der Waals surface area contributed by atoms with Crippen molar-refractivity contribution in [1.82, 2.24) is 0 Å². The van der Waals surface area contributed by atoms with Crippen molar-refractivity contribution in [2.75, 3.05) is 22.9 Å². The first-order chi connectivity index (χ1) is 43.2. The van der Waals surface area contributed by atoms with Gasteiger partial charge in [-0.15, -0.1) is 46.6 Å². The Bertz CT molecular complexity index is 2900. The summed E-state index contributed by atoms with van der Waals surface area (Å²) >= 11 is 10.9. The SMILES string of the molecule is CCCCCCCCCCCCC(CCCCCCCCCC)CN1C(=O)C2=c3cc4c(cc31)=C(c1ccc(-c3ccc(-c5ccc(C(C)(C)C)s5)s3)s1)C(=O)N4CC(CCCCCCCCCCCC)CCCCCCCCCCC(C)(C)/C=C/C=C2S. The number of benzene rings is 1. The Kier molecular flexibility index (Phi) is 32.5. The summed E-state index contributed by atoms with van der Waals surface area (Å²) in [4.78, 5) is 44.2. The average Bonchev–Trinajstić information content (AvgIpc) is 1.58. The number of allylic oxidation sites excluding steroid dienone is 3. The molecule has 4 aromatic rings. The van der Waals surface area contributed by atoms with Crippen molar-refractivity contribution in [2.24, 2.45) is 17.3 Å². The molecule has 0 N–H and O–H groups in total. The van der Waals surface area contributed by atoms with Gasteiger partial charge in [0.25, 0.3) is 11.8 Å². The van der Waals surface area contributed by atoms with Crippen molar-refractivity contribution in [3.63, 3.8) is 0 Å². The van der Waals surface area contributed by atoms with Gasteiger partial charge in [-0.05, 0) is 109 Å². The zero-order valence-corrected chi connectivity index (χ0v) is 61.1. The first-order valence-electron chi connectivity index (χ1n) is 37.2. The van der Waals surface area contributed by atoms with Crippen LogP contribution >= 0.6 is 46.6 Å².